The quantitative estimate of drug-likeness (QED) is 0.764. The van der Waals surface area contributed by atoms with Gasteiger partial charge in [-0.3, -0.25) is 9.69 Å². The van der Waals surface area contributed by atoms with Crippen LogP contribution in [0.1, 0.15) is 31.0 Å². The van der Waals surface area contributed by atoms with Gasteiger partial charge in [0.1, 0.15) is 0 Å². The molecule has 0 spiro atoms. The summed E-state index contributed by atoms with van der Waals surface area (Å²) in [7, 11) is 0. The number of aromatic nitrogens is 1. The highest BCUT2D eigenvalue weighted by Crippen LogP contribution is 2.26. The molecule has 0 amide bonds. The van der Waals surface area contributed by atoms with E-state index in [1.54, 1.807) is 0 Å². The van der Waals surface area contributed by atoms with Gasteiger partial charge in [-0.25, -0.2) is 0 Å². The van der Waals surface area contributed by atoms with E-state index in [9.17, 15) is 4.79 Å². The van der Waals surface area contributed by atoms with Gasteiger partial charge in [0.05, 0.1) is 0 Å². The predicted molar refractivity (Wildman–Crippen MR) is 113 cm³/mol. The Labute approximate surface area is 160 Å². The van der Waals surface area contributed by atoms with E-state index in [-0.39, 0.29) is 5.56 Å². The molecule has 140 valence electrons. The first-order valence-corrected chi connectivity index (χ1v) is 9.79. The van der Waals surface area contributed by atoms with Gasteiger partial charge in [-0.1, -0.05) is 50.2 Å². The monoisotopic (exact) mass is 361 g/mol. The summed E-state index contributed by atoms with van der Waals surface area (Å²) in [4.78, 5) is 20.6. The zero-order valence-corrected chi connectivity index (χ0v) is 16.1. The highest BCUT2D eigenvalue weighted by atomic mass is 16.1. The highest BCUT2D eigenvalue weighted by molar-refractivity contribution is 5.85. The Hall–Kier alpha value is -2.59. The molecule has 3 aromatic rings. The summed E-state index contributed by atoms with van der Waals surface area (Å²) >= 11 is 0. The predicted octanol–water partition coefficient (Wildman–Crippen LogP) is 3.97. The second kappa shape index (κ2) is 7.57. The Bertz CT molecular complexity index is 970. The van der Waals surface area contributed by atoms with Crippen LogP contribution in [0.2, 0.25) is 0 Å². The number of para-hydroxylation sites is 1. The fourth-order valence-corrected chi connectivity index (χ4v) is 4.04. The van der Waals surface area contributed by atoms with Crippen LogP contribution >= 0.6 is 0 Å². The van der Waals surface area contributed by atoms with E-state index in [1.807, 2.05) is 18.2 Å². The van der Waals surface area contributed by atoms with Crippen LogP contribution in [0.3, 0.4) is 0 Å². The third kappa shape index (κ3) is 3.62. The summed E-state index contributed by atoms with van der Waals surface area (Å²) in [5, 5.41) is 1.88. The maximum Gasteiger partial charge on any atom is 0.256 e. The molecule has 4 nitrogen and oxygen atoms in total. The highest BCUT2D eigenvalue weighted by Gasteiger charge is 2.21. The normalized spacial score (nSPS) is 15.6. The molecule has 2 heterocycles. The number of rotatable bonds is 4. The first-order chi connectivity index (χ1) is 13.1. The van der Waals surface area contributed by atoms with Crippen molar-refractivity contribution in [2.24, 2.45) is 0 Å². The molecule has 27 heavy (non-hydrogen) atoms. The lowest BCUT2D eigenvalue weighted by atomic mass is 9.97. The van der Waals surface area contributed by atoms with Crippen LogP contribution in [0.25, 0.3) is 10.8 Å². The van der Waals surface area contributed by atoms with Crippen molar-refractivity contribution in [3.8, 4) is 0 Å². The van der Waals surface area contributed by atoms with E-state index in [2.05, 4.69) is 65.0 Å². The van der Waals surface area contributed by atoms with Crippen molar-refractivity contribution >= 4 is 16.5 Å². The van der Waals surface area contributed by atoms with Gasteiger partial charge in [0.25, 0.3) is 5.56 Å². The van der Waals surface area contributed by atoms with Crippen molar-refractivity contribution in [2.75, 3.05) is 31.1 Å². The minimum absolute atomic E-state index is 0.0203. The zero-order chi connectivity index (χ0) is 18.8. The van der Waals surface area contributed by atoms with Crippen molar-refractivity contribution in [3.63, 3.8) is 0 Å². The molecule has 0 saturated carbocycles. The van der Waals surface area contributed by atoms with Crippen molar-refractivity contribution in [1.29, 1.82) is 0 Å². The number of piperazine rings is 1. The van der Waals surface area contributed by atoms with Crippen LogP contribution in [0.15, 0.2) is 59.4 Å². The smallest absolute Gasteiger partial charge is 0.256 e. The third-order valence-electron chi connectivity index (χ3n) is 5.52. The second-order valence-corrected chi connectivity index (χ2v) is 7.65. The summed E-state index contributed by atoms with van der Waals surface area (Å²) in [6.07, 6.45) is 0. The van der Waals surface area contributed by atoms with E-state index < -0.39 is 0 Å². The molecule has 1 aromatic heterocycles. The Kier molecular flexibility index (Phi) is 4.99. The van der Waals surface area contributed by atoms with Crippen molar-refractivity contribution in [3.05, 3.63) is 76.2 Å². The molecule has 1 aliphatic heterocycles. The number of benzene rings is 2. The molecular formula is C23H27N3O. The first-order valence-electron chi connectivity index (χ1n) is 9.79. The van der Waals surface area contributed by atoms with Crippen LogP contribution in [0.4, 0.5) is 5.69 Å². The number of aromatic amines is 1. The standard InChI is InChI=1S/C23H27N3O/c1-17(2)22-21(19-10-6-7-11-20(19)23(27)24-22)16-25-12-14-26(15-13-25)18-8-4-3-5-9-18/h3-11,17H,12-16H2,1-2H3,(H,24,27). The number of nitrogens with one attached hydrogen (secondary N) is 1. The number of hydrogen-bond donors (Lipinski definition) is 1. The number of H-pyrrole nitrogens is 1. The molecule has 1 aliphatic rings. The third-order valence-corrected chi connectivity index (χ3v) is 5.52. The SMILES string of the molecule is CC(C)c1[nH]c(=O)c2ccccc2c1CN1CCN(c2ccccc2)CC1. The van der Waals surface area contributed by atoms with Crippen LogP contribution in [0.5, 0.6) is 0 Å². The van der Waals surface area contributed by atoms with E-state index in [0.29, 0.717) is 5.92 Å². The van der Waals surface area contributed by atoms with Gasteiger partial charge in [0.2, 0.25) is 0 Å². The number of fused-ring (bicyclic) bond motifs is 1. The number of nitrogens with zero attached hydrogens (tertiary/aromatic N) is 2. The second-order valence-electron chi connectivity index (χ2n) is 7.65. The molecule has 1 fully saturated rings. The zero-order valence-electron chi connectivity index (χ0n) is 16.1. The minimum atomic E-state index is 0.0203. The molecule has 0 atom stereocenters. The molecule has 0 aliphatic carbocycles. The van der Waals surface area contributed by atoms with Gasteiger partial charge in [-0.05, 0) is 35.1 Å². The summed E-state index contributed by atoms with van der Waals surface area (Å²) in [6, 6.07) is 18.6. The molecular weight excluding hydrogens is 334 g/mol. The van der Waals surface area contributed by atoms with Crippen molar-refractivity contribution in [2.45, 2.75) is 26.3 Å². The first kappa shape index (κ1) is 17.8. The topological polar surface area (TPSA) is 39.3 Å². The largest absolute Gasteiger partial charge is 0.369 e. The lowest BCUT2D eigenvalue weighted by molar-refractivity contribution is 0.249. The minimum Gasteiger partial charge on any atom is -0.369 e. The Morgan fingerprint density at radius 2 is 1.52 bits per heavy atom. The Morgan fingerprint density at radius 1 is 0.889 bits per heavy atom. The van der Waals surface area contributed by atoms with E-state index in [0.717, 1.165) is 49.2 Å². The van der Waals surface area contributed by atoms with Gasteiger partial charge in [-0.15, -0.1) is 0 Å². The lowest BCUT2D eigenvalue weighted by Gasteiger charge is -2.36. The lowest BCUT2D eigenvalue weighted by Crippen LogP contribution is -2.46. The summed E-state index contributed by atoms with van der Waals surface area (Å²) < 4.78 is 0. The summed E-state index contributed by atoms with van der Waals surface area (Å²) in [5.74, 6) is 0.294. The van der Waals surface area contributed by atoms with Crippen LogP contribution in [-0.4, -0.2) is 36.1 Å². The van der Waals surface area contributed by atoms with Gasteiger partial charge in [0.15, 0.2) is 0 Å². The van der Waals surface area contributed by atoms with Gasteiger partial charge >= 0.3 is 0 Å². The van der Waals surface area contributed by atoms with E-state index in [1.165, 1.54) is 11.3 Å². The average Bonchev–Trinajstić information content (AvgIpc) is 2.71. The van der Waals surface area contributed by atoms with Gasteiger partial charge in [0, 0.05) is 49.5 Å². The summed E-state index contributed by atoms with van der Waals surface area (Å²) in [6.45, 7) is 9.30. The fourth-order valence-electron chi connectivity index (χ4n) is 4.04. The van der Waals surface area contributed by atoms with Gasteiger partial charge in [-0.2, -0.15) is 0 Å². The molecule has 1 saturated heterocycles. The molecule has 0 radical (unpaired) electrons. The molecule has 1 N–H and O–H groups in total. The maximum atomic E-state index is 12.5. The Balaban J connectivity index is 1.58. The molecule has 4 heteroatoms. The number of pyridine rings is 1. The van der Waals surface area contributed by atoms with Gasteiger partial charge < -0.3 is 9.88 Å². The van der Waals surface area contributed by atoms with Crippen LogP contribution in [0, 0.1) is 0 Å². The van der Waals surface area contributed by atoms with E-state index >= 15 is 0 Å². The Morgan fingerprint density at radius 3 is 2.19 bits per heavy atom. The molecule has 0 bridgehead atoms. The van der Waals surface area contributed by atoms with Crippen LogP contribution < -0.4 is 10.5 Å². The molecule has 2 aromatic carbocycles. The summed E-state index contributed by atoms with van der Waals surface area (Å²) in [5.41, 5.74) is 3.67. The molecule has 0 unspecified atom stereocenters. The van der Waals surface area contributed by atoms with Crippen molar-refractivity contribution in [1.82, 2.24) is 9.88 Å². The number of anilines is 1. The maximum absolute atomic E-state index is 12.5. The number of hydrogen-bond acceptors (Lipinski definition) is 3. The van der Waals surface area contributed by atoms with E-state index in [4.69, 9.17) is 0 Å². The van der Waals surface area contributed by atoms with Crippen molar-refractivity contribution < 1.29 is 0 Å². The fraction of sp³-hybridized carbons (Fsp3) is 0.348. The van der Waals surface area contributed by atoms with Crippen LogP contribution in [-0.2, 0) is 6.54 Å². The average molecular weight is 361 g/mol. The molecule has 4 rings (SSSR count).